The molecular weight excluding hydrogens is 1380 g/mol. The summed E-state index contributed by atoms with van der Waals surface area (Å²) in [7, 11) is 8.71. The molecule has 0 aliphatic carbocycles. The molecule has 0 aliphatic rings. The van der Waals surface area contributed by atoms with E-state index in [-0.39, 0.29) is 34.9 Å². The van der Waals surface area contributed by atoms with Gasteiger partial charge in [-0.15, -0.1) is 0 Å². The van der Waals surface area contributed by atoms with Gasteiger partial charge in [0, 0.05) is 42.8 Å². The van der Waals surface area contributed by atoms with Crippen LogP contribution in [0.15, 0.2) is 154 Å². The highest BCUT2D eigenvalue weighted by Crippen LogP contribution is 2.33. The van der Waals surface area contributed by atoms with Crippen LogP contribution in [0.5, 0.6) is 5.75 Å². The van der Waals surface area contributed by atoms with E-state index in [2.05, 4.69) is 126 Å². The van der Waals surface area contributed by atoms with E-state index in [4.69, 9.17) is 79.8 Å². The van der Waals surface area contributed by atoms with Crippen LogP contribution in [0.1, 0.15) is 38.9 Å². The molecule has 5 aromatic carbocycles. The Labute approximate surface area is 591 Å². The zero-order valence-electron chi connectivity index (χ0n) is 54.3. The van der Waals surface area contributed by atoms with Crippen LogP contribution < -0.4 is 60.0 Å². The van der Waals surface area contributed by atoms with E-state index in [1.165, 1.54) is 123 Å². The van der Waals surface area contributed by atoms with Crippen LogP contribution in [-0.4, -0.2) is 124 Å². The molecule has 520 valence electrons. The van der Waals surface area contributed by atoms with Crippen molar-refractivity contribution in [3.8, 4) is 5.75 Å². The number of nitrogens with one attached hydrogen (secondary N) is 5. The second-order valence-corrected chi connectivity index (χ2v) is 21.0. The molecule has 0 radical (unpaired) electrons. The van der Waals surface area contributed by atoms with Crippen LogP contribution >= 0.6 is 46.4 Å². The number of ether oxygens (including phenoxy) is 1. The Balaban J connectivity index is 0.000000197. The second-order valence-electron chi connectivity index (χ2n) is 19.2. The van der Waals surface area contributed by atoms with Gasteiger partial charge in [0.1, 0.15) is 143 Å². The Bertz CT molecular complexity index is 4380. The minimum atomic E-state index is -0.348. The predicted molar refractivity (Wildman–Crippen MR) is 390 cm³/mol. The van der Waals surface area contributed by atoms with E-state index in [1.807, 2.05) is 32.0 Å². The minimum absolute atomic E-state index is 0.245. The fraction of sp³-hybridized carbons (Fsp3) is 0.127. The van der Waals surface area contributed by atoms with Gasteiger partial charge in [0.25, 0.3) is 0 Å². The van der Waals surface area contributed by atoms with Gasteiger partial charge in [-0.25, -0.2) is 58.6 Å². The number of anilines is 15. The van der Waals surface area contributed by atoms with Crippen molar-refractivity contribution in [1.82, 2.24) is 49.8 Å². The summed E-state index contributed by atoms with van der Waals surface area (Å²) in [5.74, 6) is 3.58. The quantitative estimate of drug-likeness (QED) is 0.0236. The number of rotatable bonds is 21. The molecule has 0 saturated heterocycles. The summed E-state index contributed by atoms with van der Waals surface area (Å²) in [4.78, 5) is 63.2. The Morgan fingerprint density at radius 1 is 0.350 bits per heavy atom. The summed E-state index contributed by atoms with van der Waals surface area (Å²) >= 11 is 23.9. The fourth-order valence-electron chi connectivity index (χ4n) is 7.79. The molecule has 15 N–H and O–H groups in total. The minimum Gasteiger partial charge on any atom is -0.495 e. The van der Waals surface area contributed by atoms with Gasteiger partial charge < -0.3 is 84.2 Å². The maximum Gasteiger partial charge on any atom is 0.145 e. The number of benzene rings is 5. The van der Waals surface area contributed by atoms with Crippen LogP contribution in [0, 0.1) is 25.5 Å². The number of aromatic nitrogens is 10. The summed E-state index contributed by atoms with van der Waals surface area (Å²) < 4.78 is 31.7. The maximum absolute atomic E-state index is 13.3. The van der Waals surface area contributed by atoms with Crippen LogP contribution in [-0.2, 0) is 24.2 Å². The lowest BCUT2D eigenvalue weighted by Crippen LogP contribution is -2.05. The first-order valence-electron chi connectivity index (χ1n) is 28.5. The number of nitrogen functional groups attached to an aromatic ring is 5. The van der Waals surface area contributed by atoms with Crippen LogP contribution in [0.2, 0.25) is 20.1 Å². The number of nitrogens with two attached hydrogens (primary N) is 5. The smallest absolute Gasteiger partial charge is 0.145 e. The zero-order valence-corrected chi connectivity index (χ0v) is 57.3. The highest BCUT2D eigenvalue weighted by Gasteiger charge is 2.15. The first kappa shape index (κ1) is 76.7. The highest BCUT2D eigenvalue weighted by atomic mass is 35.5. The molecule has 5 aromatic heterocycles. The van der Waals surface area contributed by atoms with Crippen molar-refractivity contribution in [3.05, 3.63) is 199 Å². The second kappa shape index (κ2) is 39.6. The number of hydrogen-bond acceptors (Lipinski definition) is 31. The topological polar surface area (TPSA) is 436 Å². The van der Waals surface area contributed by atoms with Gasteiger partial charge in [0.2, 0.25) is 0 Å². The molecule has 100 heavy (non-hydrogen) atoms. The lowest BCUT2D eigenvalue weighted by molar-refractivity contribution is 0.215. The lowest BCUT2D eigenvalue weighted by atomic mass is 10.2. The molecule has 0 fully saturated rings. The van der Waals surface area contributed by atoms with Crippen molar-refractivity contribution in [2.45, 2.75) is 13.8 Å². The lowest BCUT2D eigenvalue weighted by Gasteiger charge is -2.13. The molecular formula is C63H65Cl4F2N25O6. The third-order valence-electron chi connectivity index (χ3n) is 12.5. The van der Waals surface area contributed by atoms with Gasteiger partial charge >= 0.3 is 0 Å². The number of nitrogens with zero attached hydrogens (tertiary/aromatic N) is 15. The molecule has 10 aromatic rings. The van der Waals surface area contributed by atoms with Crippen LogP contribution in [0.4, 0.5) is 95.4 Å². The summed E-state index contributed by atoms with van der Waals surface area (Å²) in [6, 6.07) is 26.2. The van der Waals surface area contributed by atoms with E-state index in [1.54, 1.807) is 61.7 Å². The van der Waals surface area contributed by atoms with Crippen LogP contribution in [0.25, 0.3) is 0 Å². The first-order valence-corrected chi connectivity index (χ1v) is 30.0. The largest absolute Gasteiger partial charge is 0.495 e. The van der Waals surface area contributed by atoms with E-state index in [9.17, 15) is 8.78 Å². The molecule has 0 saturated carbocycles. The van der Waals surface area contributed by atoms with Gasteiger partial charge in [-0.2, -0.15) is 0 Å². The van der Waals surface area contributed by atoms with Crippen LogP contribution in [0.3, 0.4) is 0 Å². The molecule has 0 amide bonds. The SMILES string of the molecule is CO/N=C/c1c(N)ncnc1Nc1cc(Cl)cc(Cl)c1.CO/N=C/c1c(N)ncnc1Nc1cc(Cl)ccc1C.CO/N=C/c1c(N)ncnc1Nc1cc(Cl)ccc1OC.CO/N=C/c1c(N)ncnc1Nc1cc(F)ccc1C.CO/N=C/c1c(N)ncnc1Nc1cccc(F)c1. The van der Waals surface area contributed by atoms with Crippen molar-refractivity contribution in [1.29, 1.82) is 0 Å². The predicted octanol–water partition coefficient (Wildman–Crippen LogP) is 12.4. The number of hydrogen-bond donors (Lipinski definition) is 10. The molecule has 31 nitrogen and oxygen atoms in total. The Morgan fingerprint density at radius 3 is 1.06 bits per heavy atom. The maximum atomic E-state index is 13.3. The molecule has 0 aliphatic heterocycles. The average molecular weight is 1450 g/mol. The molecule has 0 atom stereocenters. The van der Waals surface area contributed by atoms with Gasteiger partial charge in [-0.05, 0) is 104 Å². The number of halogens is 6. The molecule has 0 bridgehead atoms. The van der Waals surface area contributed by atoms with E-state index in [0.29, 0.717) is 111 Å². The van der Waals surface area contributed by atoms with Crippen molar-refractivity contribution in [2.75, 3.05) is 97.9 Å². The number of aryl methyl sites for hydroxylation is 2. The van der Waals surface area contributed by atoms with E-state index >= 15 is 0 Å². The summed E-state index contributed by atoms with van der Waals surface area (Å²) in [6.07, 6.45) is 13.8. The van der Waals surface area contributed by atoms with Gasteiger partial charge in [0.05, 0.1) is 71.7 Å². The van der Waals surface area contributed by atoms with Gasteiger partial charge in [-0.3, -0.25) is 0 Å². The number of methoxy groups -OCH3 is 1. The first-order chi connectivity index (χ1) is 48.2. The molecule has 0 spiro atoms. The normalized spacial score (nSPS) is 10.7. The third-order valence-corrected chi connectivity index (χ3v) is 13.4. The summed E-state index contributed by atoms with van der Waals surface area (Å²) in [6.45, 7) is 3.82. The van der Waals surface area contributed by atoms with Crippen molar-refractivity contribution in [2.24, 2.45) is 25.8 Å². The molecule has 5 heterocycles. The molecule has 10 rings (SSSR count). The van der Waals surface area contributed by atoms with E-state index in [0.717, 1.165) is 16.8 Å². The monoisotopic (exact) mass is 1450 g/mol. The standard InChI is InChI=1S/C13H14ClN5O2.C13H14ClN5O.C13H14FN5O.C12H11Cl2N5O.C12H12FN5O/c1-20-11-4-3-8(14)5-10(11)19-13-9(6-18-21-2)12(15)16-7-17-13;2*1-8-3-4-9(14)5-11(8)19-13-10(6-18-20-2)12(15)16-7-17-13;1-20-18-5-10-11(15)16-6-17-12(10)19-9-3-7(13)2-8(14)4-9;1-19-17-6-10-11(14)15-7-16-12(10)18-9-4-2-3-8(13)5-9/h3-7H,1-2H3,(H3,15,16,17,19);2*3-7H,1-2H3,(H3,15,16,17,19);2-6H,1H3,(H3,15,16,17,19);2-7H,1H3,(H3,14,15,16,18)/b3*18-6+;18-5+;17-6+. The fourth-order valence-corrected chi connectivity index (χ4v) is 8.66. The molecule has 37 heteroatoms. The third kappa shape index (κ3) is 23.8. The zero-order chi connectivity index (χ0) is 72.5. The molecule has 0 unspecified atom stereocenters. The van der Waals surface area contributed by atoms with Crippen molar-refractivity contribution < 1.29 is 37.7 Å². The van der Waals surface area contributed by atoms with Crippen molar-refractivity contribution >= 4 is 164 Å². The Hall–Kier alpha value is -12.3. The average Bonchev–Trinajstić information content (AvgIpc) is 0.861. The van der Waals surface area contributed by atoms with Gasteiger partial charge in [-0.1, -0.05) is 90.4 Å². The summed E-state index contributed by atoms with van der Waals surface area (Å²) in [5, 5.41) is 35.8. The Kier molecular flexibility index (Phi) is 30.4. The van der Waals surface area contributed by atoms with Crippen molar-refractivity contribution in [3.63, 3.8) is 0 Å². The highest BCUT2D eigenvalue weighted by molar-refractivity contribution is 6.35. The Morgan fingerprint density at radius 2 is 0.680 bits per heavy atom. The summed E-state index contributed by atoms with van der Waals surface area (Å²) in [5.41, 5.74) is 36.6. The number of oxime groups is 5. The van der Waals surface area contributed by atoms with Gasteiger partial charge in [0.15, 0.2) is 0 Å². The van der Waals surface area contributed by atoms with E-state index < -0.39 is 0 Å².